The number of rotatable bonds is 2. The summed E-state index contributed by atoms with van der Waals surface area (Å²) < 4.78 is 1.02. The van der Waals surface area contributed by atoms with Crippen LogP contribution in [0.15, 0.2) is 63.4 Å². The van der Waals surface area contributed by atoms with Crippen LogP contribution in [-0.4, -0.2) is 25.9 Å². The molecule has 0 amide bonds. The van der Waals surface area contributed by atoms with Gasteiger partial charge in [-0.05, 0) is 24.3 Å². The van der Waals surface area contributed by atoms with E-state index >= 15 is 0 Å². The van der Waals surface area contributed by atoms with E-state index in [1.54, 1.807) is 18.3 Å². The molecule has 122 valence electrons. The Morgan fingerprint density at radius 2 is 1.84 bits per heavy atom. The molecule has 1 aliphatic heterocycles. The van der Waals surface area contributed by atoms with E-state index in [0.29, 0.717) is 11.3 Å². The molecule has 3 heterocycles. The minimum absolute atomic E-state index is 0.0189. The molecule has 25 heavy (non-hydrogen) atoms. The average molecular weight is 332 g/mol. The molecule has 2 aromatic heterocycles. The Balaban J connectivity index is 1.93. The van der Waals surface area contributed by atoms with E-state index in [0.717, 1.165) is 15.8 Å². The van der Waals surface area contributed by atoms with E-state index in [4.69, 9.17) is 0 Å². The van der Waals surface area contributed by atoms with Crippen LogP contribution in [0.2, 0.25) is 0 Å². The fraction of sp³-hybridized carbons (Fsp3) is 0. The van der Waals surface area contributed by atoms with Crippen molar-refractivity contribution in [2.24, 2.45) is 4.99 Å². The summed E-state index contributed by atoms with van der Waals surface area (Å²) in [6, 6.07) is 10.6. The number of para-hydroxylation sites is 1. The van der Waals surface area contributed by atoms with Crippen molar-refractivity contribution in [3.63, 3.8) is 0 Å². The fourth-order valence-electron chi connectivity index (χ4n) is 2.71. The first-order chi connectivity index (χ1) is 12.1. The molecule has 7 heteroatoms. The van der Waals surface area contributed by atoms with Gasteiger partial charge in [0.1, 0.15) is 5.56 Å². The molecule has 0 atom stereocenters. The van der Waals surface area contributed by atoms with Gasteiger partial charge in [-0.3, -0.25) is 19.8 Å². The third-order valence-electron chi connectivity index (χ3n) is 3.90. The zero-order valence-corrected chi connectivity index (χ0v) is 12.9. The highest BCUT2D eigenvalue weighted by atomic mass is 16.3. The monoisotopic (exact) mass is 332 g/mol. The maximum absolute atomic E-state index is 12.2. The van der Waals surface area contributed by atoms with Gasteiger partial charge in [-0.25, -0.2) is 9.36 Å². The van der Waals surface area contributed by atoms with Crippen LogP contribution >= 0.6 is 0 Å². The summed E-state index contributed by atoms with van der Waals surface area (Å²) in [4.78, 5) is 34.7. The molecule has 0 fully saturated rings. The molecule has 0 spiro atoms. The number of aliphatic imine (C=N–C) groups is 1. The lowest BCUT2D eigenvalue weighted by Crippen LogP contribution is -2.30. The summed E-state index contributed by atoms with van der Waals surface area (Å²) in [7, 11) is 0. The number of hydrogen-bond donors (Lipinski definition) is 2. The van der Waals surface area contributed by atoms with Gasteiger partial charge >= 0.3 is 5.69 Å². The number of benzene rings is 1. The summed E-state index contributed by atoms with van der Waals surface area (Å²) in [5.74, 6) is -0.440. The third kappa shape index (κ3) is 2.47. The quantitative estimate of drug-likeness (QED) is 0.748. The Morgan fingerprint density at radius 1 is 1.08 bits per heavy atom. The molecular weight excluding hydrogens is 320 g/mol. The summed E-state index contributed by atoms with van der Waals surface area (Å²) >= 11 is 0. The predicted molar refractivity (Wildman–Crippen MR) is 94.6 cm³/mol. The van der Waals surface area contributed by atoms with Crippen LogP contribution in [0.4, 0.5) is 5.69 Å². The van der Waals surface area contributed by atoms with Gasteiger partial charge in [0.25, 0.3) is 5.56 Å². The minimum Gasteiger partial charge on any atom is -0.494 e. The van der Waals surface area contributed by atoms with E-state index in [-0.39, 0.29) is 5.56 Å². The van der Waals surface area contributed by atoms with Gasteiger partial charge in [0.15, 0.2) is 0 Å². The van der Waals surface area contributed by atoms with Gasteiger partial charge in [0.2, 0.25) is 5.88 Å². The van der Waals surface area contributed by atoms with Crippen molar-refractivity contribution in [1.82, 2.24) is 14.5 Å². The number of aromatic hydroxyl groups is 1. The smallest absolute Gasteiger partial charge is 0.335 e. The molecule has 4 rings (SSSR count). The Hall–Kier alpha value is -3.74. The van der Waals surface area contributed by atoms with Gasteiger partial charge < -0.3 is 5.11 Å². The first-order valence-electron chi connectivity index (χ1n) is 7.49. The number of aromatic nitrogens is 3. The van der Waals surface area contributed by atoms with Crippen molar-refractivity contribution in [2.45, 2.75) is 0 Å². The van der Waals surface area contributed by atoms with E-state index in [1.165, 1.54) is 18.5 Å². The molecule has 1 aliphatic rings. The minimum atomic E-state index is -0.726. The van der Waals surface area contributed by atoms with Gasteiger partial charge in [-0.2, -0.15) is 0 Å². The zero-order chi connectivity index (χ0) is 17.4. The number of nitrogens with zero attached hydrogens (tertiary/aromatic N) is 3. The summed E-state index contributed by atoms with van der Waals surface area (Å²) in [6.45, 7) is 0. The number of hydrogen-bond acceptors (Lipinski definition) is 5. The number of aromatic amines is 1. The highest BCUT2D eigenvalue weighted by molar-refractivity contribution is 6.21. The van der Waals surface area contributed by atoms with Crippen molar-refractivity contribution in [3.05, 3.63) is 80.8 Å². The molecule has 1 aromatic carbocycles. The van der Waals surface area contributed by atoms with Crippen molar-refractivity contribution < 1.29 is 5.11 Å². The first kappa shape index (κ1) is 14.8. The van der Waals surface area contributed by atoms with Crippen LogP contribution in [-0.2, 0) is 0 Å². The molecule has 7 nitrogen and oxygen atoms in total. The Bertz CT molecular complexity index is 1140. The second kappa shape index (κ2) is 5.72. The lowest BCUT2D eigenvalue weighted by atomic mass is 10.1. The lowest BCUT2D eigenvalue weighted by Gasteiger charge is -2.09. The van der Waals surface area contributed by atoms with Gasteiger partial charge in [-0.1, -0.05) is 18.2 Å². The van der Waals surface area contributed by atoms with E-state index < -0.39 is 17.1 Å². The van der Waals surface area contributed by atoms with Crippen molar-refractivity contribution in [3.8, 4) is 11.6 Å². The molecule has 0 unspecified atom stereocenters. The van der Waals surface area contributed by atoms with E-state index in [9.17, 15) is 14.7 Å². The summed E-state index contributed by atoms with van der Waals surface area (Å²) in [5.41, 5.74) is 1.30. The Morgan fingerprint density at radius 3 is 2.64 bits per heavy atom. The molecule has 0 saturated heterocycles. The van der Waals surface area contributed by atoms with Crippen LogP contribution < -0.4 is 11.2 Å². The topological polar surface area (TPSA) is 100 Å². The predicted octanol–water partition coefficient (Wildman–Crippen LogP) is 1.88. The second-order valence-electron chi connectivity index (χ2n) is 5.41. The summed E-state index contributed by atoms with van der Waals surface area (Å²) in [5, 5.41) is 10.5. The molecule has 2 N–H and O–H groups in total. The average Bonchev–Trinajstić information content (AvgIpc) is 3.02. The van der Waals surface area contributed by atoms with Crippen LogP contribution in [0.5, 0.6) is 5.88 Å². The standard InChI is InChI=1S/C18H12N4O3/c23-16-14(9-11-10-20-15-4-2-1-3-13(11)15)17(24)22(18(25)21-16)12-5-7-19-8-6-12/h1-10,24H,(H,21,23,25). The second-order valence-corrected chi connectivity index (χ2v) is 5.41. The first-order valence-corrected chi connectivity index (χ1v) is 7.49. The van der Waals surface area contributed by atoms with Crippen LogP contribution in [0.25, 0.3) is 17.3 Å². The molecule has 0 bridgehead atoms. The van der Waals surface area contributed by atoms with Crippen molar-refractivity contribution >= 4 is 23.6 Å². The molecule has 3 aromatic rings. The largest absolute Gasteiger partial charge is 0.494 e. The SMILES string of the molecule is O=c1[nH]c(=O)n(-c2ccncc2)c(O)c1C=C1C=Nc2ccccc21. The van der Waals surface area contributed by atoms with Crippen LogP contribution in [0.1, 0.15) is 11.1 Å². The Kier molecular flexibility index (Phi) is 3.39. The normalized spacial score (nSPS) is 14.0. The third-order valence-corrected chi connectivity index (χ3v) is 3.90. The van der Waals surface area contributed by atoms with E-state index in [2.05, 4.69) is 15.0 Å². The lowest BCUT2D eigenvalue weighted by molar-refractivity contribution is 0.429. The van der Waals surface area contributed by atoms with Crippen LogP contribution in [0.3, 0.4) is 0 Å². The molecule has 0 saturated carbocycles. The van der Waals surface area contributed by atoms with Gasteiger partial charge in [-0.15, -0.1) is 0 Å². The molecule has 0 aliphatic carbocycles. The maximum atomic E-state index is 12.2. The fourth-order valence-corrected chi connectivity index (χ4v) is 2.71. The van der Waals surface area contributed by atoms with Crippen molar-refractivity contribution in [2.75, 3.05) is 0 Å². The molecule has 0 radical (unpaired) electrons. The number of nitrogens with one attached hydrogen (secondary N) is 1. The highest BCUT2D eigenvalue weighted by Gasteiger charge is 2.17. The summed E-state index contributed by atoms with van der Waals surface area (Å²) in [6.07, 6.45) is 6.11. The maximum Gasteiger partial charge on any atom is 0.335 e. The van der Waals surface area contributed by atoms with Crippen molar-refractivity contribution in [1.29, 1.82) is 0 Å². The molecular formula is C18H12N4O3. The Labute approximate surface area is 141 Å². The number of pyridine rings is 1. The van der Waals surface area contributed by atoms with Gasteiger partial charge in [0, 0.05) is 29.7 Å². The number of fused-ring (bicyclic) bond motifs is 1. The number of allylic oxidation sites excluding steroid dienone is 1. The van der Waals surface area contributed by atoms with Gasteiger partial charge in [0.05, 0.1) is 11.4 Å². The zero-order valence-electron chi connectivity index (χ0n) is 12.9. The van der Waals surface area contributed by atoms with E-state index in [1.807, 2.05) is 24.3 Å². The number of H-pyrrole nitrogens is 1. The highest BCUT2D eigenvalue weighted by Crippen LogP contribution is 2.32. The van der Waals surface area contributed by atoms with Crippen LogP contribution in [0, 0.1) is 0 Å².